The number of aromatic nitrogens is 2. The number of fused-ring (bicyclic) bond motifs is 6. The van der Waals surface area contributed by atoms with E-state index in [0.29, 0.717) is 11.3 Å². The van der Waals surface area contributed by atoms with Crippen LogP contribution >= 0.6 is 11.6 Å². The van der Waals surface area contributed by atoms with Crippen LogP contribution in [-0.4, -0.2) is 29.5 Å². The summed E-state index contributed by atoms with van der Waals surface area (Å²) in [5.41, 5.74) is 0. The highest BCUT2D eigenvalue weighted by Crippen LogP contribution is 2.27. The Bertz CT molecular complexity index is 384. The molecule has 2 unspecified atom stereocenters. The number of anilines is 1. The fourth-order valence-electron chi connectivity index (χ4n) is 3.07. The Hall–Kier alpha value is -0.870. The maximum atomic E-state index is 5.81. The molecule has 1 aromatic heterocycles. The molecule has 2 bridgehead atoms. The van der Waals surface area contributed by atoms with Crippen molar-refractivity contribution in [2.24, 2.45) is 5.92 Å². The summed E-state index contributed by atoms with van der Waals surface area (Å²) >= 11 is 5.81. The van der Waals surface area contributed by atoms with Gasteiger partial charge >= 0.3 is 0 Å². The average molecular weight is 267 g/mol. The molecule has 0 saturated carbocycles. The molecule has 3 saturated heterocycles. The lowest BCUT2D eigenvalue weighted by atomic mass is 9.90. The van der Waals surface area contributed by atoms with Crippen molar-refractivity contribution >= 4 is 17.4 Å². The highest BCUT2D eigenvalue weighted by Gasteiger charge is 2.26. The van der Waals surface area contributed by atoms with E-state index in [0.717, 1.165) is 24.8 Å². The van der Waals surface area contributed by atoms with Gasteiger partial charge in [-0.3, -0.25) is 5.32 Å². The summed E-state index contributed by atoms with van der Waals surface area (Å²) in [6.07, 6.45) is 6.87. The highest BCUT2D eigenvalue weighted by atomic mass is 35.5. The molecule has 0 radical (unpaired) electrons. The summed E-state index contributed by atoms with van der Waals surface area (Å²) in [6, 6.07) is 3.80. The van der Waals surface area contributed by atoms with Gasteiger partial charge in [-0.15, -0.1) is 10.2 Å². The van der Waals surface area contributed by atoms with E-state index in [4.69, 9.17) is 11.6 Å². The second-order valence-electron chi connectivity index (χ2n) is 5.25. The highest BCUT2D eigenvalue weighted by molar-refractivity contribution is 6.29. The predicted octanol–water partition coefficient (Wildman–Crippen LogP) is 2.45. The summed E-state index contributed by atoms with van der Waals surface area (Å²) in [7, 11) is 0. The molecular formula is C13H19ClN4. The Labute approximate surface area is 113 Å². The third-order valence-electron chi connectivity index (χ3n) is 4.09. The zero-order valence-corrected chi connectivity index (χ0v) is 11.2. The van der Waals surface area contributed by atoms with E-state index in [2.05, 4.69) is 20.4 Å². The molecule has 4 nitrogen and oxygen atoms in total. The molecule has 3 fully saturated rings. The molecule has 0 amide bonds. The summed E-state index contributed by atoms with van der Waals surface area (Å²) in [5.74, 6) is 1.81. The van der Waals surface area contributed by atoms with Crippen LogP contribution in [0.2, 0.25) is 5.15 Å². The molecule has 4 rings (SSSR count). The fourth-order valence-corrected chi connectivity index (χ4v) is 3.17. The zero-order chi connectivity index (χ0) is 12.4. The summed E-state index contributed by atoms with van der Waals surface area (Å²) in [6.45, 7) is 2.19. The van der Waals surface area contributed by atoms with Gasteiger partial charge < -0.3 is 4.90 Å². The van der Waals surface area contributed by atoms with Gasteiger partial charge in [-0.25, -0.2) is 0 Å². The average Bonchev–Trinajstić information content (AvgIpc) is 2.29. The summed E-state index contributed by atoms with van der Waals surface area (Å²) in [5, 5.41) is 12.3. The summed E-state index contributed by atoms with van der Waals surface area (Å²) in [4.78, 5) is 2.36. The van der Waals surface area contributed by atoms with Crippen molar-refractivity contribution in [1.29, 1.82) is 0 Å². The minimum atomic E-state index is 0.404. The standard InChI is InChI=1S/C13H19ClN4/c14-11-4-5-13(17-16-11)18-9-7-10-2-1-3-12(18)15-8-6-10/h4-5,10,12,15H,1-3,6-9H2. The van der Waals surface area contributed by atoms with E-state index < -0.39 is 0 Å². The van der Waals surface area contributed by atoms with Gasteiger partial charge in [0.15, 0.2) is 11.0 Å². The van der Waals surface area contributed by atoms with Gasteiger partial charge in [0.1, 0.15) is 0 Å². The van der Waals surface area contributed by atoms with Crippen LogP contribution in [0, 0.1) is 5.92 Å². The first kappa shape index (κ1) is 12.2. The van der Waals surface area contributed by atoms with Crippen molar-refractivity contribution in [3.63, 3.8) is 0 Å². The fraction of sp³-hybridized carbons (Fsp3) is 0.692. The lowest BCUT2D eigenvalue weighted by Crippen LogP contribution is -2.50. The molecule has 0 aromatic carbocycles. The van der Waals surface area contributed by atoms with Crippen LogP contribution in [0.15, 0.2) is 12.1 Å². The number of nitrogens with one attached hydrogen (secondary N) is 1. The monoisotopic (exact) mass is 266 g/mol. The number of nitrogens with zero attached hydrogens (tertiary/aromatic N) is 3. The Morgan fingerprint density at radius 1 is 1.17 bits per heavy atom. The Morgan fingerprint density at radius 2 is 2.11 bits per heavy atom. The molecule has 3 aliphatic heterocycles. The van der Waals surface area contributed by atoms with Crippen molar-refractivity contribution in [2.45, 2.75) is 38.3 Å². The Kier molecular flexibility index (Phi) is 3.66. The molecule has 3 aliphatic rings. The largest absolute Gasteiger partial charge is 0.340 e. The molecule has 0 spiro atoms. The minimum Gasteiger partial charge on any atom is -0.340 e. The van der Waals surface area contributed by atoms with Gasteiger partial charge in [0.25, 0.3) is 0 Å². The third kappa shape index (κ3) is 2.59. The maximum Gasteiger partial charge on any atom is 0.152 e. The smallest absolute Gasteiger partial charge is 0.152 e. The number of halogens is 1. The van der Waals surface area contributed by atoms with Crippen LogP contribution in [0.3, 0.4) is 0 Å². The topological polar surface area (TPSA) is 41.0 Å². The molecule has 98 valence electrons. The molecular weight excluding hydrogens is 248 g/mol. The van der Waals surface area contributed by atoms with Crippen molar-refractivity contribution in [3.8, 4) is 0 Å². The van der Waals surface area contributed by atoms with Crippen molar-refractivity contribution in [1.82, 2.24) is 15.5 Å². The van der Waals surface area contributed by atoms with Crippen LogP contribution in [-0.2, 0) is 0 Å². The van der Waals surface area contributed by atoms with Gasteiger partial charge in [-0.1, -0.05) is 18.0 Å². The van der Waals surface area contributed by atoms with Crippen LogP contribution in [0.4, 0.5) is 5.82 Å². The number of hydrogen-bond donors (Lipinski definition) is 1. The van der Waals surface area contributed by atoms with E-state index >= 15 is 0 Å². The molecule has 4 heterocycles. The first-order valence-corrected chi connectivity index (χ1v) is 7.20. The SMILES string of the molecule is Clc1ccc(N2CCC3CCCC2NCC3)nn1. The van der Waals surface area contributed by atoms with Crippen molar-refractivity contribution in [2.75, 3.05) is 18.0 Å². The Morgan fingerprint density at radius 3 is 2.94 bits per heavy atom. The molecule has 1 aromatic rings. The van der Waals surface area contributed by atoms with Crippen molar-refractivity contribution < 1.29 is 0 Å². The van der Waals surface area contributed by atoms with E-state index in [9.17, 15) is 0 Å². The van der Waals surface area contributed by atoms with Gasteiger partial charge in [0.2, 0.25) is 0 Å². The van der Waals surface area contributed by atoms with Crippen LogP contribution < -0.4 is 10.2 Å². The van der Waals surface area contributed by atoms with Crippen LogP contribution in [0.1, 0.15) is 32.1 Å². The Balaban J connectivity index is 1.83. The van der Waals surface area contributed by atoms with Gasteiger partial charge in [-0.2, -0.15) is 0 Å². The van der Waals surface area contributed by atoms with Gasteiger partial charge in [-0.05, 0) is 50.3 Å². The maximum absolute atomic E-state index is 5.81. The number of hydrogen-bond acceptors (Lipinski definition) is 4. The predicted molar refractivity (Wildman–Crippen MR) is 72.8 cm³/mol. The normalized spacial score (nSPS) is 28.6. The molecule has 1 N–H and O–H groups in total. The second kappa shape index (κ2) is 5.41. The molecule has 5 heteroatoms. The first-order valence-electron chi connectivity index (χ1n) is 6.82. The quantitative estimate of drug-likeness (QED) is 0.848. The molecule has 18 heavy (non-hydrogen) atoms. The number of rotatable bonds is 1. The zero-order valence-electron chi connectivity index (χ0n) is 10.5. The van der Waals surface area contributed by atoms with E-state index in [-0.39, 0.29) is 0 Å². The van der Waals surface area contributed by atoms with Crippen molar-refractivity contribution in [3.05, 3.63) is 17.3 Å². The third-order valence-corrected chi connectivity index (χ3v) is 4.29. The van der Waals surface area contributed by atoms with E-state index in [1.54, 1.807) is 0 Å². The van der Waals surface area contributed by atoms with Crippen LogP contribution in [0.25, 0.3) is 0 Å². The lowest BCUT2D eigenvalue weighted by Gasteiger charge is -2.39. The summed E-state index contributed by atoms with van der Waals surface area (Å²) < 4.78 is 0. The van der Waals surface area contributed by atoms with E-state index in [1.807, 2.05) is 12.1 Å². The van der Waals surface area contributed by atoms with Gasteiger partial charge in [0.05, 0.1) is 6.17 Å². The molecule has 0 aliphatic carbocycles. The van der Waals surface area contributed by atoms with Crippen LogP contribution in [0.5, 0.6) is 0 Å². The first-order chi connectivity index (χ1) is 8.83. The second-order valence-corrected chi connectivity index (χ2v) is 5.64. The minimum absolute atomic E-state index is 0.404. The molecule has 2 atom stereocenters. The lowest BCUT2D eigenvalue weighted by molar-refractivity contribution is 0.288. The van der Waals surface area contributed by atoms with Gasteiger partial charge in [0, 0.05) is 6.54 Å². The van der Waals surface area contributed by atoms with E-state index in [1.165, 1.54) is 32.1 Å².